The van der Waals surface area contributed by atoms with Gasteiger partial charge in [-0.05, 0) is 55.8 Å². The second-order valence-electron chi connectivity index (χ2n) is 5.36. The number of furan rings is 1. The van der Waals surface area contributed by atoms with E-state index < -0.39 is 11.9 Å². The molecule has 0 saturated carbocycles. The summed E-state index contributed by atoms with van der Waals surface area (Å²) >= 11 is 3.37. The highest BCUT2D eigenvalue weighted by Crippen LogP contribution is 2.35. The van der Waals surface area contributed by atoms with Crippen molar-refractivity contribution in [3.63, 3.8) is 0 Å². The Kier molecular flexibility index (Phi) is 5.88. The minimum absolute atomic E-state index is 0.209. The Hall–Kier alpha value is -2.02. The van der Waals surface area contributed by atoms with Crippen LogP contribution in [0.15, 0.2) is 21.0 Å². The minimum atomic E-state index is -0.467. The van der Waals surface area contributed by atoms with E-state index in [9.17, 15) is 9.59 Å². The maximum Gasteiger partial charge on any atom is 0.344 e. The predicted molar refractivity (Wildman–Crippen MR) is 91.3 cm³/mol. The Morgan fingerprint density at radius 1 is 1.29 bits per heavy atom. The van der Waals surface area contributed by atoms with E-state index >= 15 is 0 Å². The van der Waals surface area contributed by atoms with Crippen LogP contribution < -0.4 is 4.74 Å². The van der Waals surface area contributed by atoms with Crippen molar-refractivity contribution in [1.29, 1.82) is 0 Å². The van der Waals surface area contributed by atoms with Crippen molar-refractivity contribution < 1.29 is 28.2 Å². The standard InChI is InChI=1S/C17H19BrO6/c1-5-21-17(20)16-10(4)24-13-7-12(18)14(6-11(13)16)22-8-15(19)23-9(2)3/h6-7,9H,5,8H2,1-4H3. The number of halogens is 1. The Labute approximate surface area is 148 Å². The average molecular weight is 399 g/mol. The number of rotatable bonds is 6. The molecule has 0 N–H and O–H groups in total. The molecule has 0 fully saturated rings. The van der Waals surface area contributed by atoms with Gasteiger partial charge in [0, 0.05) is 5.39 Å². The lowest BCUT2D eigenvalue weighted by Gasteiger charge is -2.10. The highest BCUT2D eigenvalue weighted by atomic mass is 79.9. The van der Waals surface area contributed by atoms with E-state index in [0.717, 1.165) is 0 Å². The summed E-state index contributed by atoms with van der Waals surface area (Å²) in [6.07, 6.45) is -0.209. The van der Waals surface area contributed by atoms with Crippen LogP contribution in [-0.2, 0) is 14.3 Å². The van der Waals surface area contributed by atoms with Crippen molar-refractivity contribution >= 4 is 38.8 Å². The Balaban J connectivity index is 2.31. The monoisotopic (exact) mass is 398 g/mol. The molecule has 6 nitrogen and oxygen atoms in total. The highest BCUT2D eigenvalue weighted by molar-refractivity contribution is 9.10. The summed E-state index contributed by atoms with van der Waals surface area (Å²) in [6.45, 7) is 7.00. The quantitative estimate of drug-likeness (QED) is 0.684. The molecular formula is C17H19BrO6. The van der Waals surface area contributed by atoms with Gasteiger partial charge in [0.25, 0.3) is 0 Å². The zero-order valence-corrected chi connectivity index (χ0v) is 15.6. The van der Waals surface area contributed by atoms with Gasteiger partial charge in [0.05, 0.1) is 17.2 Å². The number of hydrogen-bond donors (Lipinski definition) is 0. The molecule has 130 valence electrons. The van der Waals surface area contributed by atoms with Crippen LogP contribution in [0.2, 0.25) is 0 Å². The van der Waals surface area contributed by atoms with E-state index in [1.165, 1.54) is 0 Å². The van der Waals surface area contributed by atoms with Crippen LogP contribution in [0.5, 0.6) is 5.75 Å². The number of hydrogen-bond acceptors (Lipinski definition) is 6. The van der Waals surface area contributed by atoms with Gasteiger partial charge in [-0.1, -0.05) is 0 Å². The topological polar surface area (TPSA) is 75.0 Å². The van der Waals surface area contributed by atoms with Crippen LogP contribution in [0.25, 0.3) is 11.0 Å². The van der Waals surface area contributed by atoms with Crippen molar-refractivity contribution in [3.05, 3.63) is 27.9 Å². The van der Waals surface area contributed by atoms with E-state index in [1.54, 1.807) is 39.8 Å². The first-order valence-electron chi connectivity index (χ1n) is 7.55. The largest absolute Gasteiger partial charge is 0.481 e. The second kappa shape index (κ2) is 7.70. The van der Waals surface area contributed by atoms with Crippen molar-refractivity contribution in [3.8, 4) is 5.75 Å². The van der Waals surface area contributed by atoms with Crippen molar-refractivity contribution in [2.45, 2.75) is 33.8 Å². The molecule has 0 amide bonds. The maximum atomic E-state index is 12.1. The van der Waals surface area contributed by atoms with Crippen LogP contribution in [-0.4, -0.2) is 31.3 Å². The molecule has 2 rings (SSSR count). The van der Waals surface area contributed by atoms with E-state index in [4.69, 9.17) is 18.6 Å². The molecule has 1 aromatic carbocycles. The lowest BCUT2D eigenvalue weighted by molar-refractivity contribution is -0.149. The average Bonchev–Trinajstić information content (AvgIpc) is 2.79. The van der Waals surface area contributed by atoms with Crippen LogP contribution in [0, 0.1) is 6.92 Å². The molecule has 7 heteroatoms. The maximum absolute atomic E-state index is 12.1. The molecule has 24 heavy (non-hydrogen) atoms. The van der Waals surface area contributed by atoms with Crippen LogP contribution in [0.1, 0.15) is 36.9 Å². The van der Waals surface area contributed by atoms with Gasteiger partial charge >= 0.3 is 11.9 Å². The molecule has 0 atom stereocenters. The normalized spacial score (nSPS) is 10.9. The molecule has 0 spiro atoms. The van der Waals surface area contributed by atoms with E-state index in [1.807, 2.05) is 0 Å². The minimum Gasteiger partial charge on any atom is -0.481 e. The van der Waals surface area contributed by atoms with Crippen molar-refractivity contribution in [2.24, 2.45) is 0 Å². The number of esters is 2. The van der Waals surface area contributed by atoms with Gasteiger partial charge in [0.1, 0.15) is 22.7 Å². The molecule has 0 saturated heterocycles. The number of fused-ring (bicyclic) bond motifs is 1. The molecule has 1 heterocycles. The third-order valence-corrected chi connectivity index (χ3v) is 3.73. The van der Waals surface area contributed by atoms with Gasteiger partial charge in [0.15, 0.2) is 6.61 Å². The van der Waals surface area contributed by atoms with Crippen molar-refractivity contribution in [2.75, 3.05) is 13.2 Å². The van der Waals surface area contributed by atoms with Gasteiger partial charge in [-0.15, -0.1) is 0 Å². The molecule has 1 aromatic heterocycles. The van der Waals surface area contributed by atoms with Gasteiger partial charge in [-0.3, -0.25) is 0 Å². The van der Waals surface area contributed by atoms with Gasteiger partial charge in [0.2, 0.25) is 0 Å². The molecule has 0 aliphatic carbocycles. The number of carbonyl (C=O) groups excluding carboxylic acids is 2. The molecule has 0 aliphatic rings. The fourth-order valence-corrected chi connectivity index (χ4v) is 2.66. The Morgan fingerprint density at radius 2 is 2.00 bits per heavy atom. The smallest absolute Gasteiger partial charge is 0.344 e. The molecular weight excluding hydrogens is 380 g/mol. The first kappa shape index (κ1) is 18.3. The molecule has 0 aliphatic heterocycles. The first-order valence-corrected chi connectivity index (χ1v) is 8.34. The first-order chi connectivity index (χ1) is 11.3. The Morgan fingerprint density at radius 3 is 2.62 bits per heavy atom. The zero-order chi connectivity index (χ0) is 17.9. The van der Waals surface area contributed by atoms with Crippen LogP contribution in [0.3, 0.4) is 0 Å². The van der Waals surface area contributed by atoms with Gasteiger partial charge in [-0.25, -0.2) is 9.59 Å². The van der Waals surface area contributed by atoms with Crippen LogP contribution in [0.4, 0.5) is 0 Å². The number of aryl methyl sites for hydroxylation is 1. The summed E-state index contributed by atoms with van der Waals surface area (Å²) in [6, 6.07) is 3.33. The van der Waals surface area contributed by atoms with E-state index in [-0.39, 0.29) is 19.3 Å². The molecule has 2 aromatic rings. The molecule has 0 bridgehead atoms. The van der Waals surface area contributed by atoms with E-state index in [0.29, 0.717) is 32.5 Å². The van der Waals surface area contributed by atoms with E-state index in [2.05, 4.69) is 15.9 Å². The Bertz CT molecular complexity index is 762. The summed E-state index contributed by atoms with van der Waals surface area (Å²) in [5, 5.41) is 0.571. The lowest BCUT2D eigenvalue weighted by atomic mass is 10.1. The molecule has 0 radical (unpaired) electrons. The number of ether oxygens (including phenoxy) is 3. The fourth-order valence-electron chi connectivity index (χ4n) is 2.22. The SMILES string of the molecule is CCOC(=O)c1c(C)oc2cc(Br)c(OCC(=O)OC(C)C)cc12. The van der Waals surface area contributed by atoms with Gasteiger partial charge in [-0.2, -0.15) is 0 Å². The zero-order valence-electron chi connectivity index (χ0n) is 14.0. The summed E-state index contributed by atoms with van der Waals surface area (Å²) in [4.78, 5) is 23.7. The number of carbonyl (C=O) groups is 2. The second-order valence-corrected chi connectivity index (χ2v) is 6.21. The summed E-state index contributed by atoms with van der Waals surface area (Å²) in [7, 11) is 0. The van der Waals surface area contributed by atoms with Gasteiger partial charge < -0.3 is 18.6 Å². The number of benzene rings is 1. The fraction of sp³-hybridized carbons (Fsp3) is 0.412. The van der Waals surface area contributed by atoms with Crippen molar-refractivity contribution in [1.82, 2.24) is 0 Å². The summed E-state index contributed by atoms with van der Waals surface area (Å²) in [5.74, 6) is -0.0477. The predicted octanol–water partition coefficient (Wildman–Crippen LogP) is 4.01. The van der Waals surface area contributed by atoms with Crippen LogP contribution >= 0.6 is 15.9 Å². The highest BCUT2D eigenvalue weighted by Gasteiger charge is 2.21. The summed E-state index contributed by atoms with van der Waals surface area (Å²) in [5.41, 5.74) is 0.883. The lowest BCUT2D eigenvalue weighted by Crippen LogP contribution is -2.18. The summed E-state index contributed by atoms with van der Waals surface area (Å²) < 4.78 is 21.8. The third-order valence-electron chi connectivity index (χ3n) is 3.11. The molecule has 0 unspecified atom stereocenters. The third kappa shape index (κ3) is 4.08.